The third-order valence-electron chi connectivity index (χ3n) is 1.81. The number of carbonyl (C=O) groups is 1. The van der Waals surface area contributed by atoms with Gasteiger partial charge in [0.2, 0.25) is 0 Å². The summed E-state index contributed by atoms with van der Waals surface area (Å²) < 4.78 is 10.2. The van der Waals surface area contributed by atoms with Gasteiger partial charge in [-0.2, -0.15) is 0 Å². The standard InChI is InChI=1S/C13H16NO3/c1-3-8-16-12-7-5-6-11(10-12)14-13(15)17-9-4-2/h4,6-7,10H,2-3,8-9H2,1H3,(H,14,15). The van der Waals surface area contributed by atoms with Crippen LogP contribution < -0.4 is 10.1 Å². The SMILES string of the molecule is C=CCOC(=O)Nc1c[c]cc(OCCC)c1. The lowest BCUT2D eigenvalue weighted by atomic mass is 10.3. The van der Waals surface area contributed by atoms with Gasteiger partial charge in [0.25, 0.3) is 0 Å². The number of hydrogen-bond acceptors (Lipinski definition) is 3. The zero-order chi connectivity index (χ0) is 12.5. The monoisotopic (exact) mass is 234 g/mol. The number of ether oxygens (including phenoxy) is 2. The van der Waals surface area contributed by atoms with Crippen LogP contribution in [0.3, 0.4) is 0 Å². The van der Waals surface area contributed by atoms with E-state index in [0.29, 0.717) is 18.0 Å². The molecule has 4 nitrogen and oxygen atoms in total. The molecule has 91 valence electrons. The fourth-order valence-electron chi connectivity index (χ4n) is 1.11. The molecule has 1 radical (unpaired) electrons. The molecule has 17 heavy (non-hydrogen) atoms. The van der Waals surface area contributed by atoms with Crippen molar-refractivity contribution < 1.29 is 14.3 Å². The van der Waals surface area contributed by atoms with Crippen molar-refractivity contribution in [1.29, 1.82) is 0 Å². The Morgan fingerprint density at radius 1 is 1.59 bits per heavy atom. The molecule has 0 unspecified atom stereocenters. The maximum absolute atomic E-state index is 11.3. The lowest BCUT2D eigenvalue weighted by Gasteiger charge is -2.08. The van der Waals surface area contributed by atoms with E-state index in [9.17, 15) is 4.79 Å². The highest BCUT2D eigenvalue weighted by atomic mass is 16.5. The lowest BCUT2D eigenvalue weighted by Crippen LogP contribution is -2.13. The first kappa shape index (κ1) is 13.1. The smallest absolute Gasteiger partial charge is 0.411 e. The molecule has 1 amide bonds. The Hall–Kier alpha value is -1.97. The van der Waals surface area contributed by atoms with Crippen molar-refractivity contribution in [3.8, 4) is 5.75 Å². The summed E-state index contributed by atoms with van der Waals surface area (Å²) in [6.07, 6.45) is 1.91. The summed E-state index contributed by atoms with van der Waals surface area (Å²) >= 11 is 0. The van der Waals surface area contributed by atoms with Crippen LogP contribution in [0, 0.1) is 6.07 Å². The summed E-state index contributed by atoms with van der Waals surface area (Å²) in [4.78, 5) is 11.3. The molecule has 1 rings (SSSR count). The minimum Gasteiger partial charge on any atom is -0.494 e. The molecule has 0 aliphatic carbocycles. The van der Waals surface area contributed by atoms with Crippen molar-refractivity contribution in [2.75, 3.05) is 18.5 Å². The average Bonchev–Trinajstić information content (AvgIpc) is 2.34. The van der Waals surface area contributed by atoms with Crippen molar-refractivity contribution in [2.45, 2.75) is 13.3 Å². The molecule has 0 aliphatic heterocycles. The van der Waals surface area contributed by atoms with E-state index in [1.165, 1.54) is 6.08 Å². The summed E-state index contributed by atoms with van der Waals surface area (Å²) in [6, 6.07) is 7.97. The number of benzene rings is 1. The van der Waals surface area contributed by atoms with E-state index in [1.54, 1.807) is 18.2 Å². The highest BCUT2D eigenvalue weighted by Crippen LogP contribution is 2.17. The fraction of sp³-hybridized carbons (Fsp3) is 0.308. The molecular weight excluding hydrogens is 218 g/mol. The number of amides is 1. The maximum Gasteiger partial charge on any atom is 0.411 e. The topological polar surface area (TPSA) is 47.6 Å². The Kier molecular flexibility index (Phi) is 5.64. The molecule has 0 fully saturated rings. The van der Waals surface area contributed by atoms with E-state index in [2.05, 4.69) is 18.0 Å². The zero-order valence-electron chi connectivity index (χ0n) is 9.86. The van der Waals surface area contributed by atoms with E-state index in [-0.39, 0.29) is 6.61 Å². The van der Waals surface area contributed by atoms with Crippen molar-refractivity contribution in [3.63, 3.8) is 0 Å². The van der Waals surface area contributed by atoms with Crippen LogP contribution in [0.15, 0.2) is 30.9 Å². The van der Waals surface area contributed by atoms with Crippen molar-refractivity contribution in [1.82, 2.24) is 0 Å². The largest absolute Gasteiger partial charge is 0.494 e. The molecule has 0 spiro atoms. The summed E-state index contributed by atoms with van der Waals surface area (Å²) in [5.41, 5.74) is 0.590. The molecular formula is C13H16NO3. The summed E-state index contributed by atoms with van der Waals surface area (Å²) in [7, 11) is 0. The Labute approximate surface area is 101 Å². The normalized spacial score (nSPS) is 9.47. The third-order valence-corrected chi connectivity index (χ3v) is 1.81. The predicted molar refractivity (Wildman–Crippen MR) is 66.2 cm³/mol. The Bertz CT molecular complexity index is 377. The van der Waals surface area contributed by atoms with E-state index in [1.807, 2.05) is 6.92 Å². The van der Waals surface area contributed by atoms with Crippen molar-refractivity contribution in [2.24, 2.45) is 0 Å². The van der Waals surface area contributed by atoms with E-state index in [4.69, 9.17) is 9.47 Å². The highest BCUT2D eigenvalue weighted by Gasteiger charge is 2.03. The molecule has 0 aromatic heterocycles. The van der Waals surface area contributed by atoms with Gasteiger partial charge in [0.15, 0.2) is 0 Å². The van der Waals surface area contributed by atoms with Gasteiger partial charge in [-0.15, -0.1) is 0 Å². The number of carbonyl (C=O) groups excluding carboxylic acids is 1. The minimum absolute atomic E-state index is 0.182. The van der Waals surface area contributed by atoms with E-state index >= 15 is 0 Å². The van der Waals surface area contributed by atoms with Crippen LogP contribution in [0.2, 0.25) is 0 Å². The molecule has 0 saturated heterocycles. The first-order valence-corrected chi connectivity index (χ1v) is 5.45. The number of hydrogen-bond donors (Lipinski definition) is 1. The van der Waals surface area contributed by atoms with E-state index in [0.717, 1.165) is 6.42 Å². The Morgan fingerprint density at radius 2 is 2.41 bits per heavy atom. The van der Waals surface area contributed by atoms with Crippen LogP contribution in [0.4, 0.5) is 10.5 Å². The molecule has 0 saturated carbocycles. The fourth-order valence-corrected chi connectivity index (χ4v) is 1.11. The van der Waals surface area contributed by atoms with Gasteiger partial charge in [-0.1, -0.05) is 19.6 Å². The molecule has 1 aromatic rings. The second-order valence-corrected chi connectivity index (χ2v) is 3.32. The average molecular weight is 234 g/mol. The van der Waals surface area contributed by atoms with Gasteiger partial charge < -0.3 is 9.47 Å². The van der Waals surface area contributed by atoms with Crippen LogP contribution >= 0.6 is 0 Å². The van der Waals surface area contributed by atoms with Crippen LogP contribution in [-0.4, -0.2) is 19.3 Å². The molecule has 1 N–H and O–H groups in total. The summed E-state index contributed by atoms with van der Waals surface area (Å²) in [5, 5.41) is 2.57. The van der Waals surface area contributed by atoms with Gasteiger partial charge >= 0.3 is 6.09 Å². The molecule has 0 heterocycles. The molecule has 1 aromatic carbocycles. The molecule has 0 bridgehead atoms. The minimum atomic E-state index is -0.522. The van der Waals surface area contributed by atoms with Gasteiger partial charge in [-0.3, -0.25) is 5.32 Å². The first-order chi connectivity index (χ1) is 8.26. The first-order valence-electron chi connectivity index (χ1n) is 5.45. The van der Waals surface area contributed by atoms with Crippen molar-refractivity contribution in [3.05, 3.63) is 36.9 Å². The maximum atomic E-state index is 11.3. The highest BCUT2D eigenvalue weighted by molar-refractivity contribution is 5.84. The third kappa shape index (κ3) is 5.06. The van der Waals surface area contributed by atoms with Crippen LogP contribution in [0.1, 0.15) is 13.3 Å². The van der Waals surface area contributed by atoms with Crippen LogP contribution in [-0.2, 0) is 4.74 Å². The number of rotatable bonds is 6. The van der Waals surface area contributed by atoms with E-state index < -0.39 is 6.09 Å². The van der Waals surface area contributed by atoms with Gasteiger partial charge in [-0.25, -0.2) is 4.79 Å². The lowest BCUT2D eigenvalue weighted by molar-refractivity contribution is 0.174. The number of anilines is 1. The Morgan fingerprint density at radius 3 is 3.12 bits per heavy atom. The van der Waals surface area contributed by atoms with Gasteiger partial charge in [0.05, 0.1) is 6.61 Å². The van der Waals surface area contributed by atoms with Gasteiger partial charge in [0.1, 0.15) is 12.4 Å². The number of nitrogens with one attached hydrogen (secondary N) is 1. The quantitative estimate of drug-likeness (QED) is 0.770. The molecule has 0 atom stereocenters. The van der Waals surface area contributed by atoms with Crippen molar-refractivity contribution >= 4 is 11.8 Å². The predicted octanol–water partition coefficient (Wildman–Crippen LogP) is 3.01. The Balaban J connectivity index is 2.52. The van der Waals surface area contributed by atoms with Crippen LogP contribution in [0.25, 0.3) is 0 Å². The van der Waals surface area contributed by atoms with Gasteiger partial charge in [-0.05, 0) is 24.6 Å². The molecule has 4 heteroatoms. The summed E-state index contributed by atoms with van der Waals surface area (Å²) in [6.45, 7) is 6.30. The molecule has 0 aliphatic rings. The second-order valence-electron chi connectivity index (χ2n) is 3.32. The second kappa shape index (κ2) is 7.33. The summed E-state index contributed by atoms with van der Waals surface area (Å²) in [5.74, 6) is 0.674. The van der Waals surface area contributed by atoms with Gasteiger partial charge in [0, 0.05) is 11.8 Å². The van der Waals surface area contributed by atoms with Crippen LogP contribution in [0.5, 0.6) is 5.75 Å². The zero-order valence-corrected chi connectivity index (χ0v) is 9.86.